The number of aliphatic hydroxyl groups is 2. The van der Waals surface area contributed by atoms with Crippen molar-refractivity contribution < 1.29 is 19.7 Å². The lowest BCUT2D eigenvalue weighted by atomic mass is 9.43. The summed E-state index contributed by atoms with van der Waals surface area (Å²) >= 11 is 0. The lowest BCUT2D eigenvalue weighted by Crippen LogP contribution is -2.56. The average molecular weight is 501 g/mol. The highest BCUT2D eigenvalue weighted by molar-refractivity contribution is 5.73. The fourth-order valence-corrected chi connectivity index (χ4v) is 9.63. The van der Waals surface area contributed by atoms with Crippen molar-refractivity contribution in [1.82, 2.24) is 0 Å². The molecule has 204 valence electrons. The van der Waals surface area contributed by atoms with Gasteiger partial charge in [0.2, 0.25) is 0 Å². The third kappa shape index (κ3) is 3.79. The molecular formula is C32H52O4. The maximum absolute atomic E-state index is 13.2. The van der Waals surface area contributed by atoms with Crippen LogP contribution in [-0.2, 0) is 9.53 Å². The van der Waals surface area contributed by atoms with E-state index in [-0.39, 0.29) is 45.6 Å². The Kier molecular flexibility index (Phi) is 7.17. The first-order chi connectivity index (χ1) is 16.7. The Morgan fingerprint density at radius 2 is 1.69 bits per heavy atom. The Morgan fingerprint density at radius 1 is 1.03 bits per heavy atom. The summed E-state index contributed by atoms with van der Waals surface area (Å²) in [6, 6.07) is 0. The molecule has 36 heavy (non-hydrogen) atoms. The summed E-state index contributed by atoms with van der Waals surface area (Å²) in [6.07, 6.45) is 7.48. The van der Waals surface area contributed by atoms with Crippen LogP contribution in [0.5, 0.6) is 0 Å². The van der Waals surface area contributed by atoms with E-state index in [4.69, 9.17) is 4.74 Å². The number of aliphatic hydroxyl groups excluding tert-OH is 2. The van der Waals surface area contributed by atoms with Crippen LogP contribution in [0, 0.1) is 45.3 Å². The van der Waals surface area contributed by atoms with Crippen molar-refractivity contribution in [3.05, 3.63) is 23.3 Å². The van der Waals surface area contributed by atoms with Gasteiger partial charge in [-0.1, -0.05) is 71.8 Å². The summed E-state index contributed by atoms with van der Waals surface area (Å²) < 4.78 is 5.35. The number of esters is 1. The van der Waals surface area contributed by atoms with E-state index in [0.29, 0.717) is 18.3 Å². The zero-order valence-electron chi connectivity index (χ0n) is 24.2. The maximum Gasteiger partial charge on any atom is 0.308 e. The van der Waals surface area contributed by atoms with Crippen LogP contribution in [-0.4, -0.2) is 35.5 Å². The van der Waals surface area contributed by atoms with Gasteiger partial charge in [0, 0.05) is 5.41 Å². The topological polar surface area (TPSA) is 66.8 Å². The molecule has 0 unspecified atom stereocenters. The lowest BCUT2D eigenvalue weighted by Gasteiger charge is -2.62. The SMILES string of the molecule is C=C(CC[C@@H](C(=O)OC)[C@H]1C[C@H](O)[C@@]2(C)C3=C(CC[C@]12C)[C@@]1(C)CC[C@H](O)C(C)(C)[C@H]1CC3)C(C)C. The van der Waals surface area contributed by atoms with Crippen molar-refractivity contribution >= 4 is 5.97 Å². The Bertz CT molecular complexity index is 930. The predicted molar refractivity (Wildman–Crippen MR) is 145 cm³/mol. The molecule has 4 rings (SSSR count). The normalized spacial score (nSPS) is 42.4. The summed E-state index contributed by atoms with van der Waals surface area (Å²) in [5.74, 6) is 0.598. The smallest absolute Gasteiger partial charge is 0.308 e. The first-order valence-electron chi connectivity index (χ1n) is 14.5. The molecule has 0 radical (unpaired) electrons. The van der Waals surface area contributed by atoms with Crippen molar-refractivity contribution in [3.8, 4) is 0 Å². The number of carbonyl (C=O) groups excluding carboxylic acids is 1. The molecule has 0 aromatic heterocycles. The van der Waals surface area contributed by atoms with E-state index in [9.17, 15) is 15.0 Å². The van der Waals surface area contributed by atoms with Gasteiger partial charge in [-0.3, -0.25) is 4.79 Å². The molecule has 4 nitrogen and oxygen atoms in total. The second kappa shape index (κ2) is 9.26. The zero-order valence-corrected chi connectivity index (χ0v) is 24.2. The third-order valence-electron chi connectivity index (χ3n) is 12.5. The number of hydrogen-bond acceptors (Lipinski definition) is 4. The first-order valence-corrected chi connectivity index (χ1v) is 14.5. The number of methoxy groups -OCH3 is 1. The third-order valence-corrected chi connectivity index (χ3v) is 12.5. The van der Waals surface area contributed by atoms with Crippen molar-refractivity contribution in [3.63, 3.8) is 0 Å². The van der Waals surface area contributed by atoms with Crippen molar-refractivity contribution in [1.29, 1.82) is 0 Å². The number of allylic oxidation sites excluding steroid dienone is 2. The van der Waals surface area contributed by atoms with Gasteiger partial charge in [0.1, 0.15) is 0 Å². The van der Waals surface area contributed by atoms with Crippen LogP contribution in [0.1, 0.15) is 106 Å². The molecule has 2 N–H and O–H groups in total. The van der Waals surface area contributed by atoms with Gasteiger partial charge in [0.15, 0.2) is 0 Å². The molecule has 8 atom stereocenters. The number of fused-ring (bicyclic) bond motifs is 4. The van der Waals surface area contributed by atoms with Crippen LogP contribution in [0.25, 0.3) is 0 Å². The zero-order chi connectivity index (χ0) is 26.8. The number of ether oxygens (including phenoxy) is 1. The quantitative estimate of drug-likeness (QED) is 0.309. The molecule has 4 aliphatic carbocycles. The summed E-state index contributed by atoms with van der Waals surface area (Å²) in [5, 5.41) is 22.7. The van der Waals surface area contributed by atoms with Crippen LogP contribution in [0.15, 0.2) is 23.3 Å². The Hall–Kier alpha value is -1.13. The molecular weight excluding hydrogens is 448 g/mol. The van der Waals surface area contributed by atoms with Crippen LogP contribution < -0.4 is 0 Å². The number of carbonyl (C=O) groups is 1. The summed E-state index contributed by atoms with van der Waals surface area (Å²) in [6.45, 7) is 20.2. The van der Waals surface area contributed by atoms with E-state index in [2.05, 4.69) is 55.0 Å². The minimum Gasteiger partial charge on any atom is -0.469 e. The molecule has 0 aliphatic heterocycles. The van der Waals surface area contributed by atoms with Crippen molar-refractivity contribution in [2.24, 2.45) is 45.3 Å². The van der Waals surface area contributed by atoms with Gasteiger partial charge in [-0.05, 0) is 91.8 Å². The van der Waals surface area contributed by atoms with E-state index in [0.717, 1.165) is 51.4 Å². The van der Waals surface area contributed by atoms with Gasteiger partial charge in [-0.2, -0.15) is 0 Å². The van der Waals surface area contributed by atoms with Gasteiger partial charge in [-0.15, -0.1) is 0 Å². The van der Waals surface area contributed by atoms with Gasteiger partial charge in [0.25, 0.3) is 0 Å². The lowest BCUT2D eigenvalue weighted by molar-refractivity contribution is -0.150. The van der Waals surface area contributed by atoms with E-state index in [1.807, 2.05) is 0 Å². The highest BCUT2D eigenvalue weighted by Gasteiger charge is 2.67. The molecule has 0 aromatic rings. The molecule has 4 heteroatoms. The van der Waals surface area contributed by atoms with Gasteiger partial charge in [-0.25, -0.2) is 0 Å². The molecule has 0 saturated heterocycles. The summed E-state index contributed by atoms with van der Waals surface area (Å²) in [7, 11) is 1.50. The van der Waals surface area contributed by atoms with Crippen molar-refractivity contribution in [2.75, 3.05) is 7.11 Å². The van der Waals surface area contributed by atoms with Gasteiger partial charge >= 0.3 is 5.97 Å². The highest BCUT2D eigenvalue weighted by atomic mass is 16.5. The fourth-order valence-electron chi connectivity index (χ4n) is 9.63. The Balaban J connectivity index is 1.73. The van der Waals surface area contributed by atoms with Gasteiger partial charge in [0.05, 0.1) is 25.2 Å². The minimum atomic E-state index is -0.458. The van der Waals surface area contributed by atoms with Crippen LogP contribution in [0.4, 0.5) is 0 Å². The number of rotatable bonds is 6. The van der Waals surface area contributed by atoms with E-state index in [1.54, 1.807) is 5.57 Å². The molecule has 4 aliphatic rings. The molecule has 0 spiro atoms. The Labute approximate surface area is 220 Å². The molecule has 0 amide bonds. The van der Waals surface area contributed by atoms with E-state index < -0.39 is 6.10 Å². The molecule has 0 heterocycles. The van der Waals surface area contributed by atoms with E-state index in [1.165, 1.54) is 18.3 Å². The van der Waals surface area contributed by atoms with Crippen molar-refractivity contribution in [2.45, 2.75) is 118 Å². The van der Waals surface area contributed by atoms with Gasteiger partial charge < -0.3 is 14.9 Å². The standard InChI is InChI=1S/C32H52O4/c1-19(2)20(3)10-11-21(28(35)36-9)24-18-27(34)32(8)23-12-13-25-29(4,5)26(33)15-16-30(25,6)22(23)14-17-31(24,32)7/h19,21,24-27,33-34H,3,10-18H2,1-2,4-9H3/t21-,24-,25-,26+,27+,30-,31-,32-/m1/s1. The second-order valence-electron chi connectivity index (χ2n) is 14.3. The molecule has 0 bridgehead atoms. The van der Waals surface area contributed by atoms with Crippen LogP contribution in [0.3, 0.4) is 0 Å². The monoisotopic (exact) mass is 500 g/mol. The maximum atomic E-state index is 13.2. The molecule has 2 fully saturated rings. The number of hydrogen-bond donors (Lipinski definition) is 2. The molecule has 0 aromatic carbocycles. The average Bonchev–Trinajstić information content (AvgIpc) is 3.03. The fraction of sp³-hybridized carbons (Fsp3) is 0.844. The van der Waals surface area contributed by atoms with Crippen LogP contribution >= 0.6 is 0 Å². The Morgan fingerprint density at radius 3 is 2.31 bits per heavy atom. The largest absolute Gasteiger partial charge is 0.469 e. The first kappa shape index (κ1) is 27.9. The molecule has 2 saturated carbocycles. The van der Waals surface area contributed by atoms with Crippen LogP contribution in [0.2, 0.25) is 0 Å². The summed E-state index contributed by atoms with van der Waals surface area (Å²) in [4.78, 5) is 13.2. The minimum absolute atomic E-state index is 0.0786. The predicted octanol–water partition coefficient (Wildman–Crippen LogP) is 6.85. The summed E-state index contributed by atoms with van der Waals surface area (Å²) in [5.41, 5.74) is 3.72. The second-order valence-corrected chi connectivity index (χ2v) is 14.3. The van der Waals surface area contributed by atoms with E-state index >= 15 is 0 Å². The highest BCUT2D eigenvalue weighted by Crippen LogP contribution is 2.72.